The van der Waals surface area contributed by atoms with Crippen LogP contribution in [0.1, 0.15) is 25.5 Å². The Morgan fingerprint density at radius 3 is 2.34 bits per heavy atom. The van der Waals surface area contributed by atoms with Crippen LogP contribution >= 0.6 is 0 Å². The molecule has 4 rings (SSSR count). The summed E-state index contributed by atoms with van der Waals surface area (Å²) in [6.07, 6.45) is 1.85. The Morgan fingerprint density at radius 2 is 1.66 bits per heavy atom. The molecule has 1 aromatic heterocycles. The summed E-state index contributed by atoms with van der Waals surface area (Å²) in [7, 11) is 0. The maximum absolute atomic E-state index is 13.4. The number of fused-ring (bicyclic) bond motifs is 1. The Balaban J connectivity index is 1.81. The SMILES string of the molecule is CC(C)n1cc(-c2ccc(F)cc2)c2ccc(OCc3ccccc3)cc2c1=O. The molecule has 0 amide bonds. The molecule has 0 radical (unpaired) electrons. The van der Waals surface area contributed by atoms with Crippen LogP contribution in [0.3, 0.4) is 0 Å². The molecule has 3 aromatic carbocycles. The molecule has 0 unspecified atom stereocenters. The van der Waals surface area contributed by atoms with Gasteiger partial charge in [-0.3, -0.25) is 4.79 Å². The van der Waals surface area contributed by atoms with Crippen molar-refractivity contribution in [3.05, 3.63) is 101 Å². The van der Waals surface area contributed by atoms with E-state index in [4.69, 9.17) is 4.74 Å². The first-order chi connectivity index (χ1) is 14.0. The summed E-state index contributed by atoms with van der Waals surface area (Å²) in [5.74, 6) is 0.358. The third-order valence-electron chi connectivity index (χ3n) is 4.97. The molecule has 4 aromatic rings. The van der Waals surface area contributed by atoms with Gasteiger partial charge < -0.3 is 9.30 Å². The van der Waals surface area contributed by atoms with E-state index in [1.807, 2.05) is 62.5 Å². The summed E-state index contributed by atoms with van der Waals surface area (Å²) >= 11 is 0. The van der Waals surface area contributed by atoms with E-state index in [-0.39, 0.29) is 17.4 Å². The Kier molecular flexibility index (Phi) is 5.17. The Labute approximate surface area is 169 Å². The molecule has 0 aliphatic carbocycles. The highest BCUT2D eigenvalue weighted by Gasteiger charge is 2.13. The maximum atomic E-state index is 13.4. The van der Waals surface area contributed by atoms with Gasteiger partial charge >= 0.3 is 0 Å². The predicted molar refractivity (Wildman–Crippen MR) is 115 cm³/mol. The average Bonchev–Trinajstić information content (AvgIpc) is 2.74. The smallest absolute Gasteiger partial charge is 0.258 e. The van der Waals surface area contributed by atoms with E-state index < -0.39 is 0 Å². The second kappa shape index (κ2) is 7.92. The number of benzene rings is 3. The fourth-order valence-corrected chi connectivity index (χ4v) is 3.42. The van der Waals surface area contributed by atoms with Crippen LogP contribution in [0.2, 0.25) is 0 Å². The van der Waals surface area contributed by atoms with E-state index >= 15 is 0 Å². The van der Waals surface area contributed by atoms with E-state index in [2.05, 4.69) is 0 Å². The number of aromatic nitrogens is 1. The van der Waals surface area contributed by atoms with Crippen molar-refractivity contribution in [2.24, 2.45) is 0 Å². The zero-order chi connectivity index (χ0) is 20.4. The fourth-order valence-electron chi connectivity index (χ4n) is 3.42. The van der Waals surface area contributed by atoms with Crippen LogP contribution in [-0.4, -0.2) is 4.57 Å². The lowest BCUT2D eigenvalue weighted by molar-refractivity contribution is 0.306. The summed E-state index contributed by atoms with van der Waals surface area (Å²) in [6, 6.07) is 21.8. The Hall–Kier alpha value is -3.40. The number of rotatable bonds is 5. The molecule has 0 aliphatic rings. The number of pyridine rings is 1. The van der Waals surface area contributed by atoms with Gasteiger partial charge in [0.15, 0.2) is 0 Å². The first-order valence-corrected chi connectivity index (χ1v) is 9.64. The van der Waals surface area contributed by atoms with Crippen LogP contribution < -0.4 is 10.3 Å². The lowest BCUT2D eigenvalue weighted by Gasteiger charge is -2.16. The van der Waals surface area contributed by atoms with Crippen molar-refractivity contribution < 1.29 is 9.13 Å². The van der Waals surface area contributed by atoms with Crippen molar-refractivity contribution in [1.29, 1.82) is 0 Å². The van der Waals surface area contributed by atoms with E-state index in [1.54, 1.807) is 22.8 Å². The van der Waals surface area contributed by atoms with Gasteiger partial charge in [-0.25, -0.2) is 4.39 Å². The minimum atomic E-state index is -0.285. The molecule has 146 valence electrons. The van der Waals surface area contributed by atoms with Gasteiger partial charge in [0.25, 0.3) is 5.56 Å². The van der Waals surface area contributed by atoms with Crippen LogP contribution in [0, 0.1) is 5.82 Å². The summed E-state index contributed by atoms with van der Waals surface area (Å²) in [6.45, 7) is 4.37. The number of hydrogen-bond acceptors (Lipinski definition) is 2. The largest absolute Gasteiger partial charge is 0.489 e. The molecule has 1 heterocycles. The molecule has 0 atom stereocenters. The molecule has 4 heteroatoms. The minimum Gasteiger partial charge on any atom is -0.489 e. The number of hydrogen-bond donors (Lipinski definition) is 0. The van der Waals surface area contributed by atoms with Crippen molar-refractivity contribution in [1.82, 2.24) is 4.57 Å². The van der Waals surface area contributed by atoms with E-state index in [1.165, 1.54) is 12.1 Å². The maximum Gasteiger partial charge on any atom is 0.258 e. The predicted octanol–water partition coefficient (Wildman–Crippen LogP) is 5.97. The number of nitrogens with zero attached hydrogens (tertiary/aromatic N) is 1. The number of halogens is 1. The molecular weight excluding hydrogens is 365 g/mol. The van der Waals surface area contributed by atoms with Crippen LogP contribution in [0.15, 0.2) is 83.8 Å². The van der Waals surface area contributed by atoms with Crippen LogP contribution in [-0.2, 0) is 6.61 Å². The van der Waals surface area contributed by atoms with Gasteiger partial charge in [-0.05, 0) is 60.7 Å². The molecule has 29 heavy (non-hydrogen) atoms. The van der Waals surface area contributed by atoms with Gasteiger partial charge in [0, 0.05) is 17.8 Å². The summed E-state index contributed by atoms with van der Waals surface area (Å²) < 4.78 is 21.0. The summed E-state index contributed by atoms with van der Waals surface area (Å²) in [5, 5.41) is 1.41. The topological polar surface area (TPSA) is 31.2 Å². The van der Waals surface area contributed by atoms with Crippen molar-refractivity contribution in [3.63, 3.8) is 0 Å². The van der Waals surface area contributed by atoms with E-state index in [9.17, 15) is 9.18 Å². The Morgan fingerprint density at radius 1 is 0.931 bits per heavy atom. The average molecular weight is 387 g/mol. The summed E-state index contributed by atoms with van der Waals surface area (Å²) in [4.78, 5) is 13.1. The molecule has 0 bridgehead atoms. The molecule has 3 nitrogen and oxygen atoms in total. The van der Waals surface area contributed by atoms with Crippen LogP contribution in [0.4, 0.5) is 4.39 Å². The zero-order valence-corrected chi connectivity index (χ0v) is 16.4. The Bertz CT molecular complexity index is 1200. The molecule has 0 spiro atoms. The molecule has 0 N–H and O–H groups in total. The second-order valence-corrected chi connectivity index (χ2v) is 7.34. The lowest BCUT2D eigenvalue weighted by Crippen LogP contribution is -2.22. The third-order valence-corrected chi connectivity index (χ3v) is 4.97. The van der Waals surface area contributed by atoms with E-state index in [0.29, 0.717) is 17.7 Å². The van der Waals surface area contributed by atoms with Crippen LogP contribution in [0.25, 0.3) is 21.9 Å². The molecule has 0 fully saturated rings. The first-order valence-electron chi connectivity index (χ1n) is 9.64. The normalized spacial score (nSPS) is 11.2. The molecule has 0 saturated heterocycles. The standard InChI is InChI=1S/C25H22FNO2/c1-17(2)27-15-24(19-8-10-20(26)11-9-19)22-13-12-21(14-23(22)25(27)28)29-16-18-6-4-3-5-7-18/h3-15,17H,16H2,1-2H3. The van der Waals surface area contributed by atoms with Gasteiger partial charge in [0.1, 0.15) is 18.2 Å². The highest BCUT2D eigenvalue weighted by atomic mass is 19.1. The lowest BCUT2D eigenvalue weighted by atomic mass is 10.00. The summed E-state index contributed by atoms with van der Waals surface area (Å²) in [5.41, 5.74) is 2.75. The van der Waals surface area contributed by atoms with Gasteiger partial charge in [0.05, 0.1) is 5.39 Å². The quantitative estimate of drug-likeness (QED) is 0.423. The van der Waals surface area contributed by atoms with Gasteiger partial charge in [-0.1, -0.05) is 42.5 Å². The number of ether oxygens (including phenoxy) is 1. The van der Waals surface area contributed by atoms with Crippen LogP contribution in [0.5, 0.6) is 5.75 Å². The monoisotopic (exact) mass is 387 g/mol. The highest BCUT2D eigenvalue weighted by molar-refractivity contribution is 5.96. The van der Waals surface area contributed by atoms with Gasteiger partial charge in [-0.15, -0.1) is 0 Å². The second-order valence-electron chi connectivity index (χ2n) is 7.34. The highest BCUT2D eigenvalue weighted by Crippen LogP contribution is 2.30. The van der Waals surface area contributed by atoms with Crippen molar-refractivity contribution in [2.45, 2.75) is 26.5 Å². The zero-order valence-electron chi connectivity index (χ0n) is 16.4. The van der Waals surface area contributed by atoms with Crippen molar-refractivity contribution in [2.75, 3.05) is 0 Å². The van der Waals surface area contributed by atoms with Crippen molar-refractivity contribution in [3.8, 4) is 16.9 Å². The van der Waals surface area contributed by atoms with Crippen molar-refractivity contribution >= 4 is 10.8 Å². The molecular formula is C25H22FNO2. The fraction of sp³-hybridized carbons (Fsp3) is 0.160. The molecule has 0 aliphatic heterocycles. The third kappa shape index (κ3) is 3.92. The first kappa shape index (κ1) is 18.9. The molecule has 0 saturated carbocycles. The van der Waals surface area contributed by atoms with Gasteiger partial charge in [-0.2, -0.15) is 0 Å². The minimum absolute atomic E-state index is 0.00000777. The van der Waals surface area contributed by atoms with E-state index in [0.717, 1.165) is 22.1 Å². The van der Waals surface area contributed by atoms with Gasteiger partial charge in [0.2, 0.25) is 0 Å².